The van der Waals surface area contributed by atoms with Gasteiger partial charge in [-0.25, -0.2) is 8.42 Å². The number of aryl methyl sites for hydroxylation is 1. The molecule has 0 fully saturated rings. The lowest BCUT2D eigenvalue weighted by molar-refractivity contribution is -0.141. The maximum absolute atomic E-state index is 12.5. The number of methoxy groups -OCH3 is 1. The van der Waals surface area contributed by atoms with E-state index < -0.39 is 10.0 Å². The summed E-state index contributed by atoms with van der Waals surface area (Å²) in [5.74, 6) is -0.436. The second-order valence-corrected chi connectivity index (χ2v) is 9.35. The van der Waals surface area contributed by atoms with E-state index in [0.29, 0.717) is 24.1 Å². The summed E-state index contributed by atoms with van der Waals surface area (Å²) in [5.41, 5.74) is 8.62. The molecule has 0 spiro atoms. The van der Waals surface area contributed by atoms with Crippen molar-refractivity contribution in [2.75, 3.05) is 11.8 Å². The summed E-state index contributed by atoms with van der Waals surface area (Å²) in [4.78, 5) is 12.2. The Kier molecular flexibility index (Phi) is 7.84. The van der Waals surface area contributed by atoms with Gasteiger partial charge in [0.25, 0.3) is 10.0 Å². The number of nitrogen functional groups attached to an aromatic ring is 1. The lowest BCUT2D eigenvalue weighted by atomic mass is 9.88. The van der Waals surface area contributed by atoms with Crippen molar-refractivity contribution >= 4 is 27.5 Å². The van der Waals surface area contributed by atoms with Crippen LogP contribution in [0.1, 0.15) is 35.4 Å². The van der Waals surface area contributed by atoms with E-state index >= 15 is 0 Å². The Morgan fingerprint density at radius 1 is 1.03 bits per heavy atom. The van der Waals surface area contributed by atoms with Gasteiger partial charge in [-0.05, 0) is 60.2 Å². The predicted molar refractivity (Wildman–Crippen MR) is 129 cm³/mol. The number of hydrogen-bond acceptors (Lipinski definition) is 5. The fourth-order valence-corrected chi connectivity index (χ4v) is 4.60. The van der Waals surface area contributed by atoms with Crippen LogP contribution in [0.2, 0.25) is 0 Å². The lowest BCUT2D eigenvalue weighted by Gasteiger charge is -2.17. The molecule has 0 heterocycles. The minimum absolute atomic E-state index is 0.0257. The molecule has 33 heavy (non-hydrogen) atoms. The molecule has 4 N–H and O–H groups in total. The van der Waals surface area contributed by atoms with Crippen LogP contribution in [0.25, 0.3) is 0 Å². The van der Waals surface area contributed by atoms with Crippen molar-refractivity contribution in [3.05, 3.63) is 95.6 Å². The fraction of sp³-hybridized carbons (Fsp3) is 0.200. The molecule has 8 heteroatoms. The fourth-order valence-electron chi connectivity index (χ4n) is 3.53. The van der Waals surface area contributed by atoms with Gasteiger partial charge in [-0.3, -0.25) is 14.9 Å². The number of carbonyl (C=O) groups is 1. The van der Waals surface area contributed by atoms with Gasteiger partial charge in [0.15, 0.2) is 0 Å². The van der Waals surface area contributed by atoms with E-state index in [4.69, 9.17) is 15.9 Å². The van der Waals surface area contributed by atoms with Crippen LogP contribution < -0.4 is 10.5 Å². The Morgan fingerprint density at radius 2 is 1.73 bits per heavy atom. The Morgan fingerprint density at radius 3 is 2.36 bits per heavy atom. The summed E-state index contributed by atoms with van der Waals surface area (Å²) in [5, 5.41) is 7.66. The SMILES string of the molecule is COC(=O)C[C@H](CCc1ccc(NS(=O)(=O)c2ccccc2)cc1)c1cccc(C(=N)N)c1. The van der Waals surface area contributed by atoms with E-state index in [9.17, 15) is 13.2 Å². The van der Waals surface area contributed by atoms with E-state index in [0.717, 1.165) is 11.1 Å². The highest BCUT2D eigenvalue weighted by Gasteiger charge is 2.18. The number of carbonyl (C=O) groups excluding carboxylic acids is 1. The van der Waals surface area contributed by atoms with E-state index in [1.807, 2.05) is 30.3 Å². The van der Waals surface area contributed by atoms with Gasteiger partial charge in [-0.15, -0.1) is 0 Å². The van der Waals surface area contributed by atoms with E-state index in [1.54, 1.807) is 48.5 Å². The Balaban J connectivity index is 1.70. The number of anilines is 1. The minimum atomic E-state index is -3.64. The first-order valence-corrected chi connectivity index (χ1v) is 11.9. The number of esters is 1. The molecule has 0 aliphatic carbocycles. The molecule has 1 atom stereocenters. The van der Waals surface area contributed by atoms with Gasteiger partial charge in [-0.1, -0.05) is 48.5 Å². The van der Waals surface area contributed by atoms with Crippen LogP contribution in [-0.2, 0) is 26.0 Å². The highest BCUT2D eigenvalue weighted by molar-refractivity contribution is 7.92. The summed E-state index contributed by atoms with van der Waals surface area (Å²) in [6.07, 6.45) is 1.57. The quantitative estimate of drug-likeness (QED) is 0.237. The van der Waals surface area contributed by atoms with Crippen molar-refractivity contribution in [3.63, 3.8) is 0 Å². The molecule has 0 amide bonds. The maximum Gasteiger partial charge on any atom is 0.306 e. The van der Waals surface area contributed by atoms with Crippen molar-refractivity contribution in [1.82, 2.24) is 0 Å². The van der Waals surface area contributed by atoms with Crippen LogP contribution in [0.4, 0.5) is 5.69 Å². The monoisotopic (exact) mass is 465 g/mol. The zero-order valence-electron chi connectivity index (χ0n) is 18.3. The average molecular weight is 466 g/mol. The standard InChI is InChI=1S/C25H27N3O4S/c1-32-24(29)17-20(19-6-5-7-21(16-19)25(26)27)13-10-18-11-14-22(15-12-18)28-33(30,31)23-8-3-2-4-9-23/h2-9,11-12,14-16,20,28H,10,13,17H2,1H3,(H3,26,27)/t20-/m0/s1. The van der Waals surface area contributed by atoms with Crippen LogP contribution >= 0.6 is 0 Å². The molecule has 3 aromatic rings. The highest BCUT2D eigenvalue weighted by atomic mass is 32.2. The first-order valence-electron chi connectivity index (χ1n) is 10.5. The molecule has 7 nitrogen and oxygen atoms in total. The predicted octanol–water partition coefficient (Wildman–Crippen LogP) is 4.05. The molecule has 0 saturated carbocycles. The molecule has 0 aliphatic heterocycles. The molecule has 172 valence electrons. The van der Waals surface area contributed by atoms with Gasteiger partial charge in [-0.2, -0.15) is 0 Å². The van der Waals surface area contributed by atoms with Gasteiger partial charge in [0.1, 0.15) is 5.84 Å². The van der Waals surface area contributed by atoms with Crippen LogP contribution in [0.15, 0.2) is 83.8 Å². The van der Waals surface area contributed by atoms with Crippen molar-refractivity contribution in [2.24, 2.45) is 5.73 Å². The van der Waals surface area contributed by atoms with E-state index in [2.05, 4.69) is 4.72 Å². The number of rotatable bonds is 10. The van der Waals surface area contributed by atoms with Crippen molar-refractivity contribution in [1.29, 1.82) is 5.41 Å². The van der Waals surface area contributed by atoms with Gasteiger partial charge in [0.2, 0.25) is 0 Å². The first kappa shape index (κ1) is 24.0. The second-order valence-electron chi connectivity index (χ2n) is 7.67. The van der Waals surface area contributed by atoms with Crippen LogP contribution in [0, 0.1) is 5.41 Å². The Hall–Kier alpha value is -3.65. The van der Waals surface area contributed by atoms with Gasteiger partial charge in [0.05, 0.1) is 18.4 Å². The molecule has 0 bridgehead atoms. The van der Waals surface area contributed by atoms with Gasteiger partial charge < -0.3 is 10.5 Å². The second kappa shape index (κ2) is 10.8. The molecule has 0 unspecified atom stereocenters. The van der Waals surface area contributed by atoms with Crippen molar-refractivity contribution in [3.8, 4) is 0 Å². The molecule has 0 aromatic heterocycles. The van der Waals surface area contributed by atoms with Gasteiger partial charge >= 0.3 is 5.97 Å². The van der Waals surface area contributed by atoms with Crippen LogP contribution in [-0.4, -0.2) is 27.3 Å². The molecular formula is C25H27N3O4S. The van der Waals surface area contributed by atoms with Crippen molar-refractivity contribution < 1.29 is 17.9 Å². The third-order valence-electron chi connectivity index (χ3n) is 5.35. The van der Waals surface area contributed by atoms with Crippen LogP contribution in [0.5, 0.6) is 0 Å². The third kappa shape index (κ3) is 6.66. The summed E-state index contributed by atoms with van der Waals surface area (Å²) in [6.45, 7) is 0. The zero-order chi connectivity index (χ0) is 23.8. The van der Waals surface area contributed by atoms with E-state index in [-0.39, 0.29) is 29.0 Å². The van der Waals surface area contributed by atoms with Gasteiger partial charge in [0, 0.05) is 11.3 Å². The molecule has 0 saturated heterocycles. The summed E-state index contributed by atoms with van der Waals surface area (Å²) in [7, 11) is -2.28. The highest BCUT2D eigenvalue weighted by Crippen LogP contribution is 2.27. The smallest absolute Gasteiger partial charge is 0.306 e. The van der Waals surface area contributed by atoms with Crippen molar-refractivity contribution in [2.45, 2.75) is 30.1 Å². The van der Waals surface area contributed by atoms with E-state index in [1.165, 1.54) is 7.11 Å². The third-order valence-corrected chi connectivity index (χ3v) is 6.75. The largest absolute Gasteiger partial charge is 0.469 e. The lowest BCUT2D eigenvalue weighted by Crippen LogP contribution is -2.14. The number of ether oxygens (including phenoxy) is 1. The van der Waals surface area contributed by atoms with Crippen LogP contribution in [0.3, 0.4) is 0 Å². The molecule has 0 aliphatic rings. The zero-order valence-corrected chi connectivity index (χ0v) is 19.1. The molecular weight excluding hydrogens is 438 g/mol. The molecule has 3 rings (SSSR count). The number of hydrogen-bond donors (Lipinski definition) is 3. The Labute approximate surface area is 194 Å². The number of nitrogens with one attached hydrogen (secondary N) is 2. The normalized spacial score (nSPS) is 12.0. The molecule has 0 radical (unpaired) electrons. The number of amidine groups is 1. The topological polar surface area (TPSA) is 122 Å². The number of nitrogens with two attached hydrogens (primary N) is 1. The number of benzene rings is 3. The molecule has 3 aromatic carbocycles. The average Bonchev–Trinajstić information content (AvgIpc) is 2.83. The summed E-state index contributed by atoms with van der Waals surface area (Å²) < 4.78 is 32.4. The summed E-state index contributed by atoms with van der Waals surface area (Å²) in [6, 6.07) is 22.7. The number of sulfonamides is 1. The maximum atomic E-state index is 12.5. The minimum Gasteiger partial charge on any atom is -0.469 e. The Bertz CT molecular complexity index is 1210. The summed E-state index contributed by atoms with van der Waals surface area (Å²) >= 11 is 0. The first-order chi connectivity index (χ1) is 15.8.